The third-order valence-electron chi connectivity index (χ3n) is 6.40. The maximum absolute atomic E-state index is 6.56. The van der Waals surface area contributed by atoms with Gasteiger partial charge in [0, 0.05) is 17.5 Å². The van der Waals surface area contributed by atoms with Crippen LogP contribution in [0.3, 0.4) is 0 Å². The zero-order valence-electron chi connectivity index (χ0n) is 21.1. The van der Waals surface area contributed by atoms with Crippen LogP contribution in [-0.2, 0) is 4.84 Å². The minimum atomic E-state index is -2.04. The molecule has 0 aromatic heterocycles. The van der Waals surface area contributed by atoms with Crippen molar-refractivity contribution in [1.82, 2.24) is 0 Å². The van der Waals surface area contributed by atoms with E-state index in [0.717, 1.165) is 22.6 Å². The maximum Gasteiger partial charge on any atom is 0.250 e. The summed E-state index contributed by atoms with van der Waals surface area (Å²) in [4.78, 5) is 5.80. The standard InChI is InChI=1S/C25H35NO6Si/c1-25(2,3)33(8,9)32-21-12-16(10-11-19(21)27-4)18-15-20(31-26-18)17-13-22(28-5)24(30-7)23(14-17)29-6/h10-14,20H,15H2,1-9H3. The van der Waals surface area contributed by atoms with Gasteiger partial charge in [-0.1, -0.05) is 25.9 Å². The molecule has 8 heteroatoms. The largest absolute Gasteiger partial charge is 0.541 e. The maximum atomic E-state index is 6.56. The highest BCUT2D eigenvalue weighted by atomic mass is 28.4. The Balaban J connectivity index is 1.87. The Labute approximate surface area is 197 Å². The molecule has 1 heterocycles. The van der Waals surface area contributed by atoms with E-state index in [1.165, 1.54) is 0 Å². The Bertz CT molecular complexity index is 1000. The van der Waals surface area contributed by atoms with Crippen molar-refractivity contribution in [2.45, 2.75) is 51.4 Å². The van der Waals surface area contributed by atoms with Crippen molar-refractivity contribution in [2.75, 3.05) is 28.4 Å². The van der Waals surface area contributed by atoms with Crippen LogP contribution < -0.4 is 23.4 Å². The molecule has 2 aromatic rings. The summed E-state index contributed by atoms with van der Waals surface area (Å²) in [6.45, 7) is 11.1. The minimum absolute atomic E-state index is 0.0690. The van der Waals surface area contributed by atoms with Crippen LogP contribution in [0, 0.1) is 0 Å². The predicted molar refractivity (Wildman–Crippen MR) is 132 cm³/mol. The van der Waals surface area contributed by atoms with Gasteiger partial charge in [0.25, 0.3) is 8.32 Å². The summed E-state index contributed by atoms with van der Waals surface area (Å²) < 4.78 is 28.5. The number of ether oxygens (including phenoxy) is 4. The highest BCUT2D eigenvalue weighted by Gasteiger charge is 2.39. The summed E-state index contributed by atoms with van der Waals surface area (Å²) >= 11 is 0. The van der Waals surface area contributed by atoms with Crippen molar-refractivity contribution in [2.24, 2.45) is 5.16 Å². The topological polar surface area (TPSA) is 67.7 Å². The van der Waals surface area contributed by atoms with Crippen LogP contribution >= 0.6 is 0 Å². The fourth-order valence-corrected chi connectivity index (χ4v) is 4.39. The van der Waals surface area contributed by atoms with Crippen molar-refractivity contribution < 1.29 is 28.2 Å². The molecule has 0 radical (unpaired) electrons. The Morgan fingerprint density at radius 2 is 1.45 bits per heavy atom. The smallest absolute Gasteiger partial charge is 0.250 e. The normalized spacial score (nSPS) is 16.0. The van der Waals surface area contributed by atoms with Gasteiger partial charge in [0.1, 0.15) is 5.75 Å². The molecule has 33 heavy (non-hydrogen) atoms. The first-order chi connectivity index (χ1) is 15.5. The molecule has 0 spiro atoms. The zero-order valence-corrected chi connectivity index (χ0v) is 22.1. The number of hydrogen-bond acceptors (Lipinski definition) is 7. The van der Waals surface area contributed by atoms with Gasteiger partial charge in [-0.3, -0.25) is 0 Å². The molecule has 7 nitrogen and oxygen atoms in total. The Kier molecular flexibility index (Phi) is 7.16. The van der Waals surface area contributed by atoms with Crippen LogP contribution in [0.1, 0.15) is 44.4 Å². The van der Waals surface area contributed by atoms with E-state index in [-0.39, 0.29) is 11.1 Å². The van der Waals surface area contributed by atoms with Gasteiger partial charge in [0.15, 0.2) is 23.4 Å². The molecular weight excluding hydrogens is 438 g/mol. The molecular formula is C25H35NO6Si. The van der Waals surface area contributed by atoms with Gasteiger partial charge in [0.2, 0.25) is 5.75 Å². The van der Waals surface area contributed by atoms with Gasteiger partial charge in [-0.25, -0.2) is 0 Å². The molecule has 0 fully saturated rings. The van der Waals surface area contributed by atoms with Crippen LogP contribution in [0.15, 0.2) is 35.5 Å². The van der Waals surface area contributed by atoms with E-state index in [0.29, 0.717) is 29.4 Å². The van der Waals surface area contributed by atoms with E-state index in [9.17, 15) is 0 Å². The highest BCUT2D eigenvalue weighted by molar-refractivity contribution is 6.74. The summed E-state index contributed by atoms with van der Waals surface area (Å²) in [6.07, 6.45) is 0.338. The van der Waals surface area contributed by atoms with E-state index in [1.807, 2.05) is 30.3 Å². The molecule has 0 aliphatic carbocycles. The molecule has 0 N–H and O–H groups in total. The Morgan fingerprint density at radius 1 is 0.848 bits per heavy atom. The molecule has 2 aromatic carbocycles. The van der Waals surface area contributed by atoms with E-state index in [1.54, 1.807) is 28.4 Å². The van der Waals surface area contributed by atoms with Crippen LogP contribution in [-0.4, -0.2) is 42.5 Å². The van der Waals surface area contributed by atoms with Gasteiger partial charge in [-0.15, -0.1) is 0 Å². The first-order valence-corrected chi connectivity index (χ1v) is 13.9. The molecule has 1 aliphatic heterocycles. The third kappa shape index (κ3) is 5.05. The van der Waals surface area contributed by atoms with Crippen molar-refractivity contribution in [1.29, 1.82) is 0 Å². The lowest BCUT2D eigenvalue weighted by molar-refractivity contribution is 0.0853. The summed E-state index contributed by atoms with van der Waals surface area (Å²) in [5.41, 5.74) is 2.69. The fourth-order valence-electron chi connectivity index (χ4n) is 3.38. The van der Waals surface area contributed by atoms with E-state index >= 15 is 0 Å². The number of rotatable bonds is 8. The molecule has 1 atom stereocenters. The summed E-state index contributed by atoms with van der Waals surface area (Å²) in [5.74, 6) is 3.16. The average Bonchev–Trinajstić information content (AvgIpc) is 3.27. The molecule has 1 aliphatic rings. The number of benzene rings is 2. The van der Waals surface area contributed by atoms with Crippen molar-refractivity contribution in [3.8, 4) is 28.7 Å². The number of hydrogen-bond donors (Lipinski definition) is 0. The number of methoxy groups -OCH3 is 4. The van der Waals surface area contributed by atoms with Gasteiger partial charge in [0.05, 0.1) is 34.2 Å². The molecule has 0 bridgehead atoms. The van der Waals surface area contributed by atoms with Crippen LogP contribution in [0.2, 0.25) is 18.1 Å². The van der Waals surface area contributed by atoms with Gasteiger partial charge in [-0.05, 0) is 48.5 Å². The average molecular weight is 474 g/mol. The quantitative estimate of drug-likeness (QED) is 0.440. The second-order valence-electron chi connectivity index (χ2n) is 9.52. The highest BCUT2D eigenvalue weighted by Crippen LogP contribution is 2.43. The van der Waals surface area contributed by atoms with Crippen LogP contribution in [0.5, 0.6) is 28.7 Å². The first-order valence-electron chi connectivity index (χ1n) is 10.9. The van der Waals surface area contributed by atoms with E-state index in [4.69, 9.17) is 28.2 Å². The van der Waals surface area contributed by atoms with Crippen molar-refractivity contribution in [3.05, 3.63) is 41.5 Å². The fraction of sp³-hybridized carbons (Fsp3) is 0.480. The van der Waals surface area contributed by atoms with Gasteiger partial charge >= 0.3 is 0 Å². The first kappa shape index (κ1) is 24.8. The lowest BCUT2D eigenvalue weighted by Crippen LogP contribution is -2.44. The second kappa shape index (κ2) is 9.55. The Morgan fingerprint density at radius 3 is 1.97 bits per heavy atom. The molecule has 3 rings (SSSR count). The monoisotopic (exact) mass is 473 g/mol. The molecule has 0 saturated heterocycles. The van der Waals surface area contributed by atoms with E-state index < -0.39 is 8.32 Å². The van der Waals surface area contributed by atoms with Crippen LogP contribution in [0.25, 0.3) is 0 Å². The SMILES string of the molecule is COc1ccc(C2=NOC(c3cc(OC)c(OC)c(OC)c3)C2)cc1O[Si](C)(C)C(C)(C)C. The second-order valence-corrected chi connectivity index (χ2v) is 14.2. The lowest BCUT2D eigenvalue weighted by atomic mass is 9.99. The van der Waals surface area contributed by atoms with Crippen LogP contribution in [0.4, 0.5) is 0 Å². The zero-order chi connectivity index (χ0) is 24.4. The lowest BCUT2D eigenvalue weighted by Gasteiger charge is -2.36. The predicted octanol–water partition coefficient (Wildman–Crippen LogP) is 5.97. The van der Waals surface area contributed by atoms with Crippen molar-refractivity contribution in [3.63, 3.8) is 0 Å². The molecule has 0 saturated carbocycles. The summed E-state index contributed by atoms with van der Waals surface area (Å²) in [7, 11) is 4.39. The molecule has 0 amide bonds. The summed E-state index contributed by atoms with van der Waals surface area (Å²) in [6, 6.07) is 9.69. The number of nitrogens with zero attached hydrogens (tertiary/aromatic N) is 1. The molecule has 180 valence electrons. The molecule has 1 unspecified atom stereocenters. The third-order valence-corrected chi connectivity index (χ3v) is 10.7. The summed E-state index contributed by atoms with van der Waals surface area (Å²) in [5, 5.41) is 4.45. The van der Waals surface area contributed by atoms with Gasteiger partial charge in [-0.2, -0.15) is 0 Å². The number of oxime groups is 1. The minimum Gasteiger partial charge on any atom is -0.541 e. The Hall–Kier alpha value is -2.87. The van der Waals surface area contributed by atoms with Gasteiger partial charge < -0.3 is 28.2 Å². The van der Waals surface area contributed by atoms with Crippen molar-refractivity contribution >= 4 is 14.0 Å². The van der Waals surface area contributed by atoms with E-state index in [2.05, 4.69) is 39.0 Å².